The summed E-state index contributed by atoms with van der Waals surface area (Å²) in [4.78, 5) is 16.9. The second-order valence-corrected chi connectivity index (χ2v) is 8.40. The summed E-state index contributed by atoms with van der Waals surface area (Å²) in [6.45, 7) is 8.17. The molecule has 144 valence electrons. The average Bonchev–Trinajstić information content (AvgIpc) is 2.69. The zero-order valence-electron chi connectivity index (χ0n) is 15.7. The van der Waals surface area contributed by atoms with Gasteiger partial charge in [0.1, 0.15) is 0 Å². The number of rotatable bonds is 5. The molecule has 1 saturated heterocycles. The van der Waals surface area contributed by atoms with Crippen LogP contribution in [0.4, 0.5) is 5.69 Å². The minimum atomic E-state index is -3.69. The second kappa shape index (κ2) is 8.10. The molecule has 1 aliphatic rings. The molecule has 0 spiro atoms. The van der Waals surface area contributed by atoms with Crippen LogP contribution in [-0.2, 0) is 10.0 Å². The first-order valence-electron chi connectivity index (χ1n) is 9.10. The number of aryl methyl sites for hydroxylation is 1. The molecule has 7 heteroatoms. The van der Waals surface area contributed by atoms with Gasteiger partial charge in [-0.25, -0.2) is 8.42 Å². The number of benzene rings is 2. The summed E-state index contributed by atoms with van der Waals surface area (Å²) >= 11 is 0. The minimum Gasteiger partial charge on any atom is -0.336 e. The van der Waals surface area contributed by atoms with Crippen LogP contribution in [0.15, 0.2) is 53.4 Å². The van der Waals surface area contributed by atoms with Crippen molar-refractivity contribution in [3.63, 3.8) is 0 Å². The van der Waals surface area contributed by atoms with Crippen molar-refractivity contribution < 1.29 is 13.2 Å². The van der Waals surface area contributed by atoms with E-state index in [9.17, 15) is 13.2 Å². The first kappa shape index (κ1) is 19.4. The number of likely N-dealkylation sites (N-methyl/N-ethyl adjacent to an activating group) is 1. The Labute approximate surface area is 160 Å². The molecule has 1 aliphatic heterocycles. The second-order valence-electron chi connectivity index (χ2n) is 6.72. The fraction of sp³-hybridized carbons (Fsp3) is 0.350. The normalized spacial score (nSPS) is 15.6. The van der Waals surface area contributed by atoms with Gasteiger partial charge in [-0.15, -0.1) is 0 Å². The number of sulfonamides is 1. The van der Waals surface area contributed by atoms with Gasteiger partial charge in [-0.05, 0) is 49.9 Å². The van der Waals surface area contributed by atoms with Crippen molar-refractivity contribution in [2.45, 2.75) is 18.7 Å². The number of amides is 1. The molecule has 1 amide bonds. The van der Waals surface area contributed by atoms with Gasteiger partial charge in [0.2, 0.25) is 0 Å². The van der Waals surface area contributed by atoms with Gasteiger partial charge in [0, 0.05) is 37.4 Å². The van der Waals surface area contributed by atoms with Crippen molar-refractivity contribution in [1.29, 1.82) is 0 Å². The van der Waals surface area contributed by atoms with Gasteiger partial charge in [-0.3, -0.25) is 9.52 Å². The van der Waals surface area contributed by atoms with Crippen LogP contribution in [-0.4, -0.2) is 56.8 Å². The number of nitrogens with one attached hydrogen (secondary N) is 1. The molecule has 2 aromatic rings. The lowest BCUT2D eigenvalue weighted by molar-refractivity contribution is 0.0643. The average molecular weight is 388 g/mol. The third-order valence-corrected chi connectivity index (χ3v) is 6.22. The van der Waals surface area contributed by atoms with E-state index in [-0.39, 0.29) is 10.8 Å². The maximum Gasteiger partial charge on any atom is 0.261 e. The highest BCUT2D eigenvalue weighted by atomic mass is 32.2. The van der Waals surface area contributed by atoms with Crippen LogP contribution in [0.1, 0.15) is 22.8 Å². The van der Waals surface area contributed by atoms with E-state index in [0.29, 0.717) is 24.3 Å². The highest BCUT2D eigenvalue weighted by Gasteiger charge is 2.22. The number of anilines is 1. The molecule has 0 aliphatic carbocycles. The number of hydrogen-bond donors (Lipinski definition) is 1. The van der Waals surface area contributed by atoms with Gasteiger partial charge >= 0.3 is 0 Å². The maximum absolute atomic E-state index is 12.6. The van der Waals surface area contributed by atoms with E-state index < -0.39 is 10.0 Å². The Kier molecular flexibility index (Phi) is 5.82. The first-order chi connectivity index (χ1) is 12.9. The van der Waals surface area contributed by atoms with Crippen molar-refractivity contribution in [1.82, 2.24) is 9.80 Å². The number of nitrogens with zero attached hydrogens (tertiary/aromatic N) is 2. The molecule has 27 heavy (non-hydrogen) atoms. The number of piperazine rings is 1. The van der Waals surface area contributed by atoms with Crippen molar-refractivity contribution >= 4 is 21.6 Å². The summed E-state index contributed by atoms with van der Waals surface area (Å²) in [6.07, 6.45) is 0. The molecular weight excluding hydrogens is 362 g/mol. The molecule has 3 rings (SSSR count). The third kappa shape index (κ3) is 4.67. The van der Waals surface area contributed by atoms with Crippen LogP contribution >= 0.6 is 0 Å². The summed E-state index contributed by atoms with van der Waals surface area (Å²) in [5.74, 6) is -0.0544. The van der Waals surface area contributed by atoms with Crippen molar-refractivity contribution in [3.8, 4) is 0 Å². The van der Waals surface area contributed by atoms with Gasteiger partial charge in [-0.2, -0.15) is 0 Å². The van der Waals surface area contributed by atoms with E-state index in [1.807, 2.05) is 24.0 Å². The van der Waals surface area contributed by atoms with Gasteiger partial charge in [0.05, 0.1) is 4.90 Å². The van der Waals surface area contributed by atoms with Crippen molar-refractivity contribution in [3.05, 3.63) is 59.7 Å². The Hall–Kier alpha value is -2.38. The molecule has 2 aromatic carbocycles. The van der Waals surface area contributed by atoms with E-state index in [1.165, 1.54) is 12.1 Å². The Morgan fingerprint density at radius 3 is 2.11 bits per heavy atom. The molecule has 0 saturated carbocycles. The lowest BCUT2D eigenvalue weighted by Gasteiger charge is -2.34. The van der Waals surface area contributed by atoms with E-state index in [0.717, 1.165) is 25.2 Å². The van der Waals surface area contributed by atoms with Gasteiger partial charge in [0.15, 0.2) is 0 Å². The third-order valence-electron chi connectivity index (χ3n) is 4.82. The van der Waals surface area contributed by atoms with Gasteiger partial charge < -0.3 is 9.80 Å². The Balaban J connectivity index is 1.69. The smallest absolute Gasteiger partial charge is 0.261 e. The molecule has 1 heterocycles. The molecule has 1 fully saturated rings. The van der Waals surface area contributed by atoms with Gasteiger partial charge in [0.25, 0.3) is 15.9 Å². The Morgan fingerprint density at radius 2 is 1.56 bits per heavy atom. The maximum atomic E-state index is 12.6. The van der Waals surface area contributed by atoms with E-state index in [4.69, 9.17) is 0 Å². The fourth-order valence-electron chi connectivity index (χ4n) is 3.06. The zero-order chi connectivity index (χ0) is 19.4. The molecule has 0 bridgehead atoms. The van der Waals surface area contributed by atoms with E-state index in [1.54, 1.807) is 24.3 Å². The molecule has 0 radical (unpaired) electrons. The molecular formula is C20H25N3O3S. The largest absolute Gasteiger partial charge is 0.336 e. The minimum absolute atomic E-state index is 0.0544. The topological polar surface area (TPSA) is 69.7 Å². The van der Waals surface area contributed by atoms with Crippen molar-refractivity contribution in [2.24, 2.45) is 0 Å². The summed E-state index contributed by atoms with van der Waals surface area (Å²) in [6, 6.07) is 13.3. The van der Waals surface area contributed by atoms with Crippen LogP contribution in [0.2, 0.25) is 0 Å². The van der Waals surface area contributed by atoms with Crippen LogP contribution < -0.4 is 4.72 Å². The van der Waals surface area contributed by atoms with E-state index in [2.05, 4.69) is 16.5 Å². The van der Waals surface area contributed by atoms with Crippen LogP contribution in [0.5, 0.6) is 0 Å². The first-order valence-corrected chi connectivity index (χ1v) is 10.6. The zero-order valence-corrected chi connectivity index (χ0v) is 16.5. The van der Waals surface area contributed by atoms with Crippen molar-refractivity contribution in [2.75, 3.05) is 37.4 Å². The number of hydrogen-bond acceptors (Lipinski definition) is 4. The SMILES string of the molecule is CCN1CCN(C(=O)c2ccc(S(=O)(=O)Nc3ccc(C)cc3)cc2)CC1. The molecule has 6 nitrogen and oxygen atoms in total. The predicted octanol–water partition coefficient (Wildman–Crippen LogP) is 2.57. The Bertz CT molecular complexity index is 885. The fourth-order valence-corrected chi connectivity index (χ4v) is 4.12. The molecule has 0 aromatic heterocycles. The summed E-state index contributed by atoms with van der Waals surface area (Å²) in [5, 5.41) is 0. The molecule has 0 atom stereocenters. The number of carbonyl (C=O) groups excluding carboxylic acids is 1. The quantitative estimate of drug-likeness (QED) is 0.856. The molecule has 1 N–H and O–H groups in total. The van der Waals surface area contributed by atoms with Gasteiger partial charge in [-0.1, -0.05) is 24.6 Å². The Morgan fingerprint density at radius 1 is 0.963 bits per heavy atom. The summed E-state index contributed by atoms with van der Waals surface area (Å²) < 4.78 is 27.6. The summed E-state index contributed by atoms with van der Waals surface area (Å²) in [5.41, 5.74) is 2.07. The summed E-state index contributed by atoms with van der Waals surface area (Å²) in [7, 11) is -3.69. The van der Waals surface area contributed by atoms with E-state index >= 15 is 0 Å². The van der Waals surface area contributed by atoms with Crippen LogP contribution in [0.3, 0.4) is 0 Å². The highest BCUT2D eigenvalue weighted by molar-refractivity contribution is 7.92. The lowest BCUT2D eigenvalue weighted by atomic mass is 10.2. The van der Waals surface area contributed by atoms with Crippen LogP contribution in [0.25, 0.3) is 0 Å². The number of carbonyl (C=O) groups is 1. The highest BCUT2D eigenvalue weighted by Crippen LogP contribution is 2.18. The monoisotopic (exact) mass is 387 g/mol. The lowest BCUT2D eigenvalue weighted by Crippen LogP contribution is -2.48. The standard InChI is InChI=1S/C20H25N3O3S/c1-3-22-12-14-23(15-13-22)20(24)17-6-10-19(11-7-17)27(25,26)21-18-8-4-16(2)5-9-18/h4-11,21H,3,12-15H2,1-2H3. The van der Waals surface area contributed by atoms with Crippen LogP contribution in [0, 0.1) is 6.92 Å². The molecule has 0 unspecified atom stereocenters. The predicted molar refractivity (Wildman–Crippen MR) is 106 cm³/mol.